The van der Waals surface area contributed by atoms with Crippen molar-refractivity contribution in [2.24, 2.45) is 0 Å². The largest absolute Gasteiger partial charge is 0.335 e. The zero-order valence-electron chi connectivity index (χ0n) is 17.2. The number of imidazole rings is 1. The van der Waals surface area contributed by atoms with Gasteiger partial charge in [-0.1, -0.05) is 0 Å². The predicted molar refractivity (Wildman–Crippen MR) is 119 cm³/mol. The highest BCUT2D eigenvalue weighted by Gasteiger charge is 2.23. The van der Waals surface area contributed by atoms with Gasteiger partial charge in [-0.25, -0.2) is 9.97 Å². The van der Waals surface area contributed by atoms with Crippen molar-refractivity contribution in [1.29, 1.82) is 0 Å². The molecule has 0 amide bonds. The molecule has 0 radical (unpaired) electrons. The molecule has 0 aliphatic carbocycles. The summed E-state index contributed by atoms with van der Waals surface area (Å²) in [6, 6.07) is 8.07. The summed E-state index contributed by atoms with van der Waals surface area (Å²) in [7, 11) is 2.18. The van der Waals surface area contributed by atoms with Gasteiger partial charge in [0.15, 0.2) is 11.5 Å². The summed E-state index contributed by atoms with van der Waals surface area (Å²) in [4.78, 5) is 24.0. The monoisotopic (exact) mass is 410 g/mol. The Bertz CT molecular complexity index is 1360. The van der Waals surface area contributed by atoms with Crippen molar-refractivity contribution in [1.82, 2.24) is 40.0 Å². The van der Waals surface area contributed by atoms with E-state index in [9.17, 15) is 0 Å². The summed E-state index contributed by atoms with van der Waals surface area (Å²) < 4.78 is 0. The number of hydrogen-bond acceptors (Lipinski definition) is 6. The molecule has 8 nitrogen and oxygen atoms in total. The number of likely N-dealkylation sites (tertiary alicyclic amines) is 1. The van der Waals surface area contributed by atoms with Crippen molar-refractivity contribution in [2.75, 3.05) is 20.1 Å². The highest BCUT2D eigenvalue weighted by Crippen LogP contribution is 2.33. The molecule has 1 aliphatic heterocycles. The van der Waals surface area contributed by atoms with Crippen LogP contribution in [0.5, 0.6) is 0 Å². The van der Waals surface area contributed by atoms with Gasteiger partial charge in [-0.05, 0) is 68.7 Å². The van der Waals surface area contributed by atoms with Crippen LogP contribution in [0.2, 0.25) is 0 Å². The molecule has 0 aromatic carbocycles. The van der Waals surface area contributed by atoms with Gasteiger partial charge < -0.3 is 9.88 Å². The van der Waals surface area contributed by atoms with Gasteiger partial charge in [0, 0.05) is 29.5 Å². The Morgan fingerprint density at radius 1 is 1.06 bits per heavy atom. The molecule has 6 heterocycles. The van der Waals surface area contributed by atoms with E-state index >= 15 is 0 Å². The summed E-state index contributed by atoms with van der Waals surface area (Å²) in [6.07, 6.45) is 9.54. The average Bonchev–Trinajstić information content (AvgIpc) is 3.43. The second kappa shape index (κ2) is 7.24. The predicted octanol–water partition coefficient (Wildman–Crippen LogP) is 3.77. The standard InChI is InChI=1S/C23H22N8/c1-31-9-5-14(6-10-31)16-4-8-25-22-20(16)27-23(28-22)21-17-11-18(15-3-2-7-24-12-15)26-13-19(17)29-30-21/h2-4,7-8,11-14H,5-6,9-10H2,1H3,(H,29,30)(H,25,27,28). The summed E-state index contributed by atoms with van der Waals surface area (Å²) >= 11 is 0. The minimum absolute atomic E-state index is 0.521. The maximum atomic E-state index is 4.79. The number of rotatable bonds is 3. The lowest BCUT2D eigenvalue weighted by atomic mass is 9.89. The van der Waals surface area contributed by atoms with Crippen LogP contribution in [0.15, 0.2) is 49.1 Å². The van der Waals surface area contributed by atoms with Crippen LogP contribution in [0.1, 0.15) is 24.3 Å². The average molecular weight is 410 g/mol. The number of fused-ring (bicyclic) bond motifs is 2. The lowest BCUT2D eigenvalue weighted by Crippen LogP contribution is -2.29. The van der Waals surface area contributed by atoms with E-state index in [4.69, 9.17) is 4.98 Å². The molecule has 1 saturated heterocycles. The third kappa shape index (κ3) is 3.16. The van der Waals surface area contributed by atoms with Crippen LogP contribution >= 0.6 is 0 Å². The molecule has 31 heavy (non-hydrogen) atoms. The van der Waals surface area contributed by atoms with Crippen molar-refractivity contribution in [3.63, 3.8) is 0 Å². The molecule has 154 valence electrons. The first-order chi connectivity index (χ1) is 15.3. The molecule has 1 fully saturated rings. The molecule has 0 spiro atoms. The SMILES string of the molecule is CN1CCC(c2ccnc3nc(-c4n[nH]c5cnc(-c6cccnc6)cc45)[nH]c23)CC1. The van der Waals surface area contributed by atoms with Crippen molar-refractivity contribution in [3.05, 3.63) is 54.6 Å². The Balaban J connectivity index is 1.44. The van der Waals surface area contributed by atoms with Gasteiger partial charge in [0.05, 0.1) is 22.9 Å². The Labute approximate surface area is 178 Å². The van der Waals surface area contributed by atoms with Gasteiger partial charge >= 0.3 is 0 Å². The number of pyridine rings is 3. The van der Waals surface area contributed by atoms with Gasteiger partial charge in [0.25, 0.3) is 0 Å². The number of hydrogen-bond donors (Lipinski definition) is 2. The van der Waals surface area contributed by atoms with Crippen LogP contribution in [-0.4, -0.2) is 60.2 Å². The Morgan fingerprint density at radius 2 is 1.97 bits per heavy atom. The van der Waals surface area contributed by atoms with Gasteiger partial charge in [-0.2, -0.15) is 5.10 Å². The quantitative estimate of drug-likeness (QED) is 0.470. The third-order valence-corrected chi connectivity index (χ3v) is 6.21. The second-order valence-electron chi connectivity index (χ2n) is 8.19. The minimum Gasteiger partial charge on any atom is -0.335 e. The lowest BCUT2D eigenvalue weighted by molar-refractivity contribution is 0.256. The first kappa shape index (κ1) is 18.1. The number of H-pyrrole nitrogens is 2. The molecule has 5 aromatic heterocycles. The molecule has 1 aliphatic rings. The molecule has 0 unspecified atom stereocenters. The first-order valence-corrected chi connectivity index (χ1v) is 10.5. The highest BCUT2D eigenvalue weighted by atomic mass is 15.1. The van der Waals surface area contributed by atoms with E-state index in [0.29, 0.717) is 5.92 Å². The summed E-state index contributed by atoms with van der Waals surface area (Å²) in [5.41, 5.74) is 6.52. The highest BCUT2D eigenvalue weighted by molar-refractivity contribution is 5.94. The van der Waals surface area contributed by atoms with E-state index in [1.807, 2.05) is 30.6 Å². The fraction of sp³-hybridized carbons (Fsp3) is 0.261. The van der Waals surface area contributed by atoms with E-state index in [-0.39, 0.29) is 0 Å². The van der Waals surface area contributed by atoms with Gasteiger partial charge in [-0.15, -0.1) is 0 Å². The van der Waals surface area contributed by atoms with Crippen LogP contribution in [0.3, 0.4) is 0 Å². The van der Waals surface area contributed by atoms with Crippen molar-refractivity contribution < 1.29 is 0 Å². The Kier molecular flexibility index (Phi) is 4.24. The number of aromatic nitrogens is 7. The van der Waals surface area contributed by atoms with Gasteiger partial charge in [0.2, 0.25) is 0 Å². The molecule has 6 rings (SSSR count). The maximum Gasteiger partial charge on any atom is 0.178 e. The summed E-state index contributed by atoms with van der Waals surface area (Å²) in [5.74, 6) is 1.24. The molecular weight excluding hydrogens is 388 g/mol. The molecule has 0 atom stereocenters. The number of piperidine rings is 1. The van der Waals surface area contributed by atoms with Crippen LogP contribution < -0.4 is 0 Å². The lowest BCUT2D eigenvalue weighted by Gasteiger charge is -2.29. The normalized spacial score (nSPS) is 15.8. The van der Waals surface area contributed by atoms with E-state index in [2.05, 4.69) is 48.1 Å². The number of nitrogens with one attached hydrogen (secondary N) is 2. The van der Waals surface area contributed by atoms with Crippen LogP contribution in [-0.2, 0) is 0 Å². The summed E-state index contributed by atoms with van der Waals surface area (Å²) in [5, 5.41) is 8.58. The third-order valence-electron chi connectivity index (χ3n) is 6.21. The zero-order valence-corrected chi connectivity index (χ0v) is 17.2. The smallest absolute Gasteiger partial charge is 0.178 e. The van der Waals surface area contributed by atoms with E-state index in [1.54, 1.807) is 12.4 Å². The second-order valence-corrected chi connectivity index (χ2v) is 8.19. The van der Waals surface area contributed by atoms with Gasteiger partial charge in [0.1, 0.15) is 5.69 Å². The fourth-order valence-corrected chi connectivity index (χ4v) is 4.47. The Hall–Kier alpha value is -3.65. The van der Waals surface area contributed by atoms with E-state index in [0.717, 1.165) is 70.8 Å². The summed E-state index contributed by atoms with van der Waals surface area (Å²) in [6.45, 7) is 2.23. The fourth-order valence-electron chi connectivity index (χ4n) is 4.47. The van der Waals surface area contributed by atoms with E-state index < -0.39 is 0 Å². The van der Waals surface area contributed by atoms with E-state index in [1.165, 1.54) is 5.56 Å². The minimum atomic E-state index is 0.521. The van der Waals surface area contributed by atoms with Crippen molar-refractivity contribution >= 4 is 22.1 Å². The maximum absolute atomic E-state index is 4.79. The number of nitrogens with zero attached hydrogens (tertiary/aromatic N) is 6. The molecule has 0 bridgehead atoms. The molecular formula is C23H22N8. The zero-order chi connectivity index (χ0) is 20.8. The Morgan fingerprint density at radius 3 is 2.81 bits per heavy atom. The van der Waals surface area contributed by atoms with Gasteiger partial charge in [-0.3, -0.25) is 15.1 Å². The molecule has 0 saturated carbocycles. The van der Waals surface area contributed by atoms with Crippen molar-refractivity contribution in [2.45, 2.75) is 18.8 Å². The molecule has 5 aromatic rings. The van der Waals surface area contributed by atoms with Crippen LogP contribution in [0.25, 0.3) is 44.8 Å². The topological polar surface area (TPSA) is 99.3 Å². The van der Waals surface area contributed by atoms with Crippen LogP contribution in [0, 0.1) is 0 Å². The van der Waals surface area contributed by atoms with Crippen molar-refractivity contribution in [3.8, 4) is 22.8 Å². The molecule has 8 heteroatoms. The van der Waals surface area contributed by atoms with Crippen LogP contribution in [0.4, 0.5) is 0 Å². The number of aromatic amines is 2. The molecule has 2 N–H and O–H groups in total. The first-order valence-electron chi connectivity index (χ1n) is 10.5.